The molecule has 196 valence electrons. The van der Waals surface area contributed by atoms with Crippen LogP contribution < -0.4 is 14.8 Å². The van der Waals surface area contributed by atoms with Crippen molar-refractivity contribution in [1.29, 1.82) is 0 Å². The van der Waals surface area contributed by atoms with Gasteiger partial charge in [0, 0.05) is 0 Å². The lowest BCUT2D eigenvalue weighted by atomic mass is 9.92. The topological polar surface area (TPSA) is 74.6 Å². The van der Waals surface area contributed by atoms with Crippen LogP contribution in [0.15, 0.2) is 78.4 Å². The molecular formula is C31H33N3O4. The number of methoxy groups -OCH3 is 1. The highest BCUT2D eigenvalue weighted by atomic mass is 16.5. The highest BCUT2D eigenvalue weighted by molar-refractivity contribution is 6.03. The van der Waals surface area contributed by atoms with Crippen LogP contribution in [0.4, 0.5) is 5.95 Å². The number of anilines is 1. The van der Waals surface area contributed by atoms with E-state index in [1.54, 1.807) is 7.11 Å². The smallest absolute Gasteiger partial charge is 0.338 e. The molecule has 0 spiro atoms. The number of carbonyl (C=O) groups is 1. The number of hydrogen-bond donors (Lipinski definition) is 1. The lowest BCUT2D eigenvalue weighted by molar-refractivity contribution is -0.138. The molecule has 0 unspecified atom stereocenters. The fourth-order valence-corrected chi connectivity index (χ4v) is 4.79. The van der Waals surface area contributed by atoms with Gasteiger partial charge in [-0.25, -0.2) is 9.78 Å². The number of esters is 1. The van der Waals surface area contributed by atoms with Crippen LogP contribution in [0.3, 0.4) is 0 Å². The van der Waals surface area contributed by atoms with E-state index in [0.29, 0.717) is 41.2 Å². The number of nitrogens with one attached hydrogen (secondary N) is 1. The van der Waals surface area contributed by atoms with Crippen molar-refractivity contribution in [3.05, 3.63) is 89.5 Å². The number of rotatable bonds is 9. The van der Waals surface area contributed by atoms with Crippen LogP contribution in [0.1, 0.15) is 44.4 Å². The molecule has 1 aliphatic rings. The maximum absolute atomic E-state index is 13.7. The summed E-state index contributed by atoms with van der Waals surface area (Å²) >= 11 is 0. The minimum Gasteiger partial charge on any atom is -0.493 e. The zero-order valence-electron chi connectivity index (χ0n) is 22.2. The molecule has 7 heteroatoms. The lowest BCUT2D eigenvalue weighted by Crippen LogP contribution is -2.29. The van der Waals surface area contributed by atoms with E-state index in [1.807, 2.05) is 79.7 Å². The van der Waals surface area contributed by atoms with Gasteiger partial charge in [-0.3, -0.25) is 4.57 Å². The Balaban J connectivity index is 1.71. The summed E-state index contributed by atoms with van der Waals surface area (Å²) in [5.74, 6) is 2.09. The standard InChI is InChI=1S/C31H33N3O4/c1-5-37-30(35)27-28(21-11-7-6-8-12-21)33-31-32-23-13-9-10-14-24(23)34(31)29(27)22-15-16-25(26(19-22)36-4)38-18-17-20(2)3/h6-16,19-20,29H,5,17-18H2,1-4H3,(H,32,33)/t29-/m0/s1. The van der Waals surface area contributed by atoms with E-state index >= 15 is 0 Å². The molecule has 1 aliphatic heterocycles. The molecule has 1 atom stereocenters. The Hall–Kier alpha value is -4.26. The van der Waals surface area contributed by atoms with Gasteiger partial charge in [0.05, 0.1) is 48.7 Å². The molecule has 5 rings (SSSR count). The van der Waals surface area contributed by atoms with Crippen molar-refractivity contribution in [3.63, 3.8) is 0 Å². The molecule has 7 nitrogen and oxygen atoms in total. The van der Waals surface area contributed by atoms with Crippen molar-refractivity contribution in [2.45, 2.75) is 33.2 Å². The van der Waals surface area contributed by atoms with Crippen molar-refractivity contribution < 1.29 is 19.0 Å². The summed E-state index contributed by atoms with van der Waals surface area (Å²) < 4.78 is 19.5. The van der Waals surface area contributed by atoms with E-state index in [0.717, 1.165) is 28.6 Å². The molecule has 0 fully saturated rings. The maximum atomic E-state index is 13.7. The van der Waals surface area contributed by atoms with E-state index in [1.165, 1.54) is 0 Å². The average Bonchev–Trinajstić information content (AvgIpc) is 3.31. The highest BCUT2D eigenvalue weighted by Gasteiger charge is 2.37. The zero-order chi connectivity index (χ0) is 26.6. The van der Waals surface area contributed by atoms with E-state index in [9.17, 15) is 4.79 Å². The number of benzene rings is 3. The number of fused-ring (bicyclic) bond motifs is 3. The third-order valence-corrected chi connectivity index (χ3v) is 6.65. The second-order valence-electron chi connectivity index (χ2n) is 9.64. The summed E-state index contributed by atoms with van der Waals surface area (Å²) in [7, 11) is 1.63. The predicted molar refractivity (Wildman–Crippen MR) is 149 cm³/mol. The van der Waals surface area contributed by atoms with E-state index in [2.05, 4.69) is 23.7 Å². The molecule has 1 N–H and O–H groups in total. The van der Waals surface area contributed by atoms with Crippen LogP contribution in [0.2, 0.25) is 0 Å². The molecule has 1 aromatic heterocycles. The molecule has 38 heavy (non-hydrogen) atoms. The van der Waals surface area contributed by atoms with Gasteiger partial charge in [-0.05, 0) is 54.7 Å². The molecule has 0 saturated heterocycles. The Morgan fingerprint density at radius 1 is 1.03 bits per heavy atom. The maximum Gasteiger partial charge on any atom is 0.338 e. The molecular weight excluding hydrogens is 478 g/mol. The SMILES string of the molecule is CCOC(=O)C1=C(c2ccccc2)Nc2nc3ccccc3n2[C@H]1c1ccc(OCCC(C)C)c(OC)c1. The van der Waals surface area contributed by atoms with Gasteiger partial charge >= 0.3 is 5.97 Å². The van der Waals surface area contributed by atoms with Crippen molar-refractivity contribution >= 4 is 28.6 Å². The van der Waals surface area contributed by atoms with E-state index < -0.39 is 6.04 Å². The summed E-state index contributed by atoms with van der Waals surface area (Å²) in [5.41, 5.74) is 4.65. The number of aromatic nitrogens is 2. The average molecular weight is 512 g/mol. The summed E-state index contributed by atoms with van der Waals surface area (Å²) in [4.78, 5) is 18.5. The lowest BCUT2D eigenvalue weighted by Gasteiger charge is -2.31. The van der Waals surface area contributed by atoms with Crippen LogP contribution in [-0.4, -0.2) is 35.8 Å². The molecule has 4 aromatic rings. The van der Waals surface area contributed by atoms with Gasteiger partial charge in [0.25, 0.3) is 0 Å². The van der Waals surface area contributed by atoms with Gasteiger partial charge < -0.3 is 19.5 Å². The van der Waals surface area contributed by atoms with Crippen molar-refractivity contribution in [2.75, 3.05) is 25.6 Å². The van der Waals surface area contributed by atoms with Crippen LogP contribution in [-0.2, 0) is 9.53 Å². The summed E-state index contributed by atoms with van der Waals surface area (Å²) in [6, 6.07) is 23.1. The predicted octanol–water partition coefficient (Wildman–Crippen LogP) is 6.46. The second kappa shape index (κ2) is 11.0. The van der Waals surface area contributed by atoms with Gasteiger partial charge in [0.15, 0.2) is 11.5 Å². The van der Waals surface area contributed by atoms with Crippen LogP contribution in [0, 0.1) is 5.92 Å². The normalized spacial score (nSPS) is 14.8. The first-order chi connectivity index (χ1) is 18.5. The number of imidazole rings is 1. The molecule has 0 radical (unpaired) electrons. The highest BCUT2D eigenvalue weighted by Crippen LogP contribution is 2.44. The molecule has 0 bridgehead atoms. The van der Waals surface area contributed by atoms with Gasteiger partial charge in [0.2, 0.25) is 5.95 Å². The number of nitrogens with zero attached hydrogens (tertiary/aromatic N) is 2. The van der Waals surface area contributed by atoms with Crippen LogP contribution >= 0.6 is 0 Å². The first-order valence-electron chi connectivity index (χ1n) is 13.0. The van der Waals surface area contributed by atoms with Gasteiger partial charge in [-0.15, -0.1) is 0 Å². The number of para-hydroxylation sites is 2. The Bertz CT molecular complexity index is 1470. The Morgan fingerprint density at radius 2 is 1.79 bits per heavy atom. The van der Waals surface area contributed by atoms with E-state index in [4.69, 9.17) is 19.2 Å². The van der Waals surface area contributed by atoms with Gasteiger partial charge in [0.1, 0.15) is 0 Å². The molecule has 0 amide bonds. The van der Waals surface area contributed by atoms with E-state index in [-0.39, 0.29) is 12.6 Å². The molecule has 3 aromatic carbocycles. The minimum absolute atomic E-state index is 0.264. The fraction of sp³-hybridized carbons (Fsp3) is 0.290. The third-order valence-electron chi connectivity index (χ3n) is 6.65. The summed E-state index contributed by atoms with van der Waals surface area (Å²) in [6.07, 6.45) is 0.944. The van der Waals surface area contributed by atoms with Gasteiger partial charge in [-0.2, -0.15) is 0 Å². The first kappa shape index (κ1) is 25.4. The minimum atomic E-state index is -0.508. The zero-order valence-corrected chi connectivity index (χ0v) is 22.2. The third kappa shape index (κ3) is 4.84. The number of ether oxygens (including phenoxy) is 3. The largest absolute Gasteiger partial charge is 0.493 e. The molecule has 0 saturated carbocycles. The Morgan fingerprint density at radius 3 is 2.53 bits per heavy atom. The second-order valence-corrected chi connectivity index (χ2v) is 9.64. The number of hydrogen-bond acceptors (Lipinski definition) is 6. The molecule has 2 heterocycles. The van der Waals surface area contributed by atoms with Crippen molar-refractivity contribution in [1.82, 2.24) is 9.55 Å². The van der Waals surface area contributed by atoms with Crippen molar-refractivity contribution in [3.8, 4) is 11.5 Å². The summed E-state index contributed by atoms with van der Waals surface area (Å²) in [6.45, 7) is 7.02. The van der Waals surface area contributed by atoms with Gasteiger partial charge in [-0.1, -0.05) is 62.4 Å². The fourth-order valence-electron chi connectivity index (χ4n) is 4.79. The number of carbonyl (C=O) groups excluding carboxylic acids is 1. The summed E-state index contributed by atoms with van der Waals surface area (Å²) in [5, 5.41) is 3.44. The van der Waals surface area contributed by atoms with Crippen LogP contribution in [0.5, 0.6) is 11.5 Å². The monoisotopic (exact) mass is 511 g/mol. The Labute approximate surface area is 223 Å². The van der Waals surface area contributed by atoms with Crippen LogP contribution in [0.25, 0.3) is 16.7 Å². The Kier molecular flexibility index (Phi) is 7.36. The van der Waals surface area contributed by atoms with Crippen molar-refractivity contribution in [2.24, 2.45) is 5.92 Å². The quantitative estimate of drug-likeness (QED) is 0.260. The molecule has 0 aliphatic carbocycles. The first-order valence-corrected chi connectivity index (χ1v) is 13.0.